The second-order valence-electron chi connectivity index (χ2n) is 6.76. The molecule has 1 aromatic rings. The van der Waals surface area contributed by atoms with Crippen molar-refractivity contribution >= 4 is 23.5 Å². The molecule has 1 N–H and O–H groups in total. The van der Waals surface area contributed by atoms with Crippen LogP contribution in [-0.2, 0) is 14.4 Å². The lowest BCUT2D eigenvalue weighted by atomic mass is 10.1. The highest BCUT2D eigenvalue weighted by Gasteiger charge is 2.42. The number of carbonyl (C=O) groups excluding carboxylic acids is 2. The van der Waals surface area contributed by atoms with E-state index in [0.29, 0.717) is 49.8 Å². The van der Waals surface area contributed by atoms with Crippen molar-refractivity contribution in [1.29, 1.82) is 0 Å². The van der Waals surface area contributed by atoms with Crippen LogP contribution >= 0.6 is 0 Å². The topological polar surface area (TPSA) is 96.4 Å². The second kappa shape index (κ2) is 6.51. The van der Waals surface area contributed by atoms with Gasteiger partial charge in [-0.15, -0.1) is 0 Å². The Labute approximate surface area is 150 Å². The molecule has 3 aliphatic heterocycles. The van der Waals surface area contributed by atoms with Gasteiger partial charge in [0.25, 0.3) is 0 Å². The number of amides is 2. The Morgan fingerprint density at radius 2 is 1.92 bits per heavy atom. The smallest absolute Gasteiger partial charge is 0.326 e. The minimum absolute atomic E-state index is 0.0934. The Morgan fingerprint density at radius 1 is 1.15 bits per heavy atom. The zero-order valence-corrected chi connectivity index (χ0v) is 14.2. The van der Waals surface area contributed by atoms with E-state index < -0.39 is 17.9 Å². The summed E-state index contributed by atoms with van der Waals surface area (Å²) in [5.74, 6) is -0.670. The Bertz CT molecular complexity index is 764. The maximum atomic E-state index is 12.8. The van der Waals surface area contributed by atoms with Gasteiger partial charge in [0.1, 0.15) is 19.3 Å². The number of nitrogens with zero attached hydrogens (tertiary/aromatic N) is 2. The van der Waals surface area contributed by atoms with Crippen molar-refractivity contribution in [3.63, 3.8) is 0 Å². The van der Waals surface area contributed by atoms with E-state index >= 15 is 0 Å². The van der Waals surface area contributed by atoms with E-state index in [9.17, 15) is 19.5 Å². The summed E-state index contributed by atoms with van der Waals surface area (Å²) in [7, 11) is 0. The maximum Gasteiger partial charge on any atom is 0.326 e. The lowest BCUT2D eigenvalue weighted by molar-refractivity contribution is -0.149. The quantitative estimate of drug-likeness (QED) is 0.860. The first-order valence-corrected chi connectivity index (χ1v) is 8.78. The van der Waals surface area contributed by atoms with Gasteiger partial charge in [0.05, 0.1) is 5.92 Å². The average molecular weight is 360 g/mol. The van der Waals surface area contributed by atoms with Crippen LogP contribution in [0.25, 0.3) is 0 Å². The van der Waals surface area contributed by atoms with Crippen LogP contribution in [-0.4, -0.2) is 60.1 Å². The van der Waals surface area contributed by atoms with Gasteiger partial charge in [-0.3, -0.25) is 9.59 Å². The summed E-state index contributed by atoms with van der Waals surface area (Å²) in [4.78, 5) is 39.5. The van der Waals surface area contributed by atoms with Gasteiger partial charge in [-0.25, -0.2) is 4.79 Å². The standard InChI is InChI=1S/C18H20N2O6/c21-16-8-11(17(22)19-5-1-2-13(19)18(23)24)10-20(16)12-3-4-14-15(9-12)26-7-6-25-14/h3-4,9,11,13H,1-2,5-8,10H2,(H,23,24)/t11-,13-/m1/s1. The third-order valence-corrected chi connectivity index (χ3v) is 5.13. The molecule has 1 aromatic carbocycles. The van der Waals surface area contributed by atoms with Crippen molar-refractivity contribution in [1.82, 2.24) is 4.90 Å². The van der Waals surface area contributed by atoms with Gasteiger partial charge in [-0.2, -0.15) is 0 Å². The largest absolute Gasteiger partial charge is 0.486 e. The van der Waals surface area contributed by atoms with E-state index in [1.165, 1.54) is 4.90 Å². The lowest BCUT2D eigenvalue weighted by Crippen LogP contribution is -2.44. The van der Waals surface area contributed by atoms with E-state index in [1.54, 1.807) is 23.1 Å². The molecule has 3 heterocycles. The molecule has 0 spiro atoms. The van der Waals surface area contributed by atoms with Crippen LogP contribution in [0.5, 0.6) is 11.5 Å². The average Bonchev–Trinajstić information content (AvgIpc) is 3.27. The molecule has 3 aliphatic rings. The van der Waals surface area contributed by atoms with Crippen LogP contribution < -0.4 is 14.4 Å². The van der Waals surface area contributed by atoms with E-state index in [2.05, 4.69) is 0 Å². The van der Waals surface area contributed by atoms with Crippen molar-refractivity contribution in [2.75, 3.05) is 31.2 Å². The predicted octanol–water partition coefficient (Wildman–Crippen LogP) is 0.886. The third kappa shape index (κ3) is 2.85. The molecule has 2 atom stereocenters. The molecule has 8 heteroatoms. The van der Waals surface area contributed by atoms with Crippen LogP contribution in [0, 0.1) is 5.92 Å². The molecule has 0 aliphatic carbocycles. The van der Waals surface area contributed by atoms with E-state index in [1.807, 2.05) is 0 Å². The van der Waals surface area contributed by atoms with Crippen LogP contribution in [0.4, 0.5) is 5.69 Å². The predicted molar refractivity (Wildman–Crippen MR) is 90.3 cm³/mol. The van der Waals surface area contributed by atoms with Crippen molar-refractivity contribution in [2.45, 2.75) is 25.3 Å². The molecule has 2 saturated heterocycles. The number of hydrogen-bond acceptors (Lipinski definition) is 5. The van der Waals surface area contributed by atoms with E-state index in [4.69, 9.17) is 9.47 Å². The molecule has 26 heavy (non-hydrogen) atoms. The summed E-state index contributed by atoms with van der Waals surface area (Å²) in [6.45, 7) is 1.63. The fourth-order valence-electron chi connectivity index (χ4n) is 3.84. The highest BCUT2D eigenvalue weighted by molar-refractivity contribution is 6.01. The molecule has 2 fully saturated rings. The molecular formula is C18H20N2O6. The normalized spacial score (nSPS) is 24.8. The van der Waals surface area contributed by atoms with Crippen LogP contribution in [0.15, 0.2) is 18.2 Å². The number of carboxylic acid groups (broad SMARTS) is 1. The summed E-state index contributed by atoms with van der Waals surface area (Å²) in [5.41, 5.74) is 0.658. The third-order valence-electron chi connectivity index (χ3n) is 5.13. The Balaban J connectivity index is 1.50. The van der Waals surface area contributed by atoms with Crippen molar-refractivity contribution in [3.05, 3.63) is 18.2 Å². The molecule has 0 bridgehead atoms. The summed E-state index contributed by atoms with van der Waals surface area (Å²) in [6, 6.07) is 4.50. The number of likely N-dealkylation sites (tertiary alicyclic amines) is 1. The summed E-state index contributed by atoms with van der Waals surface area (Å²) in [6.07, 6.45) is 1.24. The zero-order chi connectivity index (χ0) is 18.3. The van der Waals surface area contributed by atoms with E-state index in [-0.39, 0.29) is 24.8 Å². The van der Waals surface area contributed by atoms with Gasteiger partial charge in [0.2, 0.25) is 11.8 Å². The van der Waals surface area contributed by atoms with Gasteiger partial charge >= 0.3 is 5.97 Å². The molecule has 0 unspecified atom stereocenters. The summed E-state index contributed by atoms with van der Waals surface area (Å²) in [5, 5.41) is 9.27. The number of carbonyl (C=O) groups is 3. The number of benzene rings is 1. The van der Waals surface area contributed by atoms with Gasteiger partial charge in [-0.05, 0) is 25.0 Å². The van der Waals surface area contributed by atoms with Crippen molar-refractivity contribution in [3.8, 4) is 11.5 Å². The van der Waals surface area contributed by atoms with Crippen LogP contribution in [0.2, 0.25) is 0 Å². The summed E-state index contributed by atoms with van der Waals surface area (Å²) < 4.78 is 11.0. The molecule has 138 valence electrons. The fraction of sp³-hybridized carbons (Fsp3) is 0.500. The maximum absolute atomic E-state index is 12.8. The number of carboxylic acids is 1. The highest BCUT2D eigenvalue weighted by atomic mass is 16.6. The zero-order valence-electron chi connectivity index (χ0n) is 14.2. The lowest BCUT2D eigenvalue weighted by Gasteiger charge is -2.25. The fourth-order valence-corrected chi connectivity index (χ4v) is 3.84. The molecule has 8 nitrogen and oxygen atoms in total. The molecule has 0 aromatic heterocycles. The van der Waals surface area contributed by atoms with Crippen LogP contribution in [0.1, 0.15) is 19.3 Å². The van der Waals surface area contributed by atoms with Gasteiger partial charge < -0.3 is 24.4 Å². The SMILES string of the molecule is O=C(O)[C@H]1CCCN1C(=O)[C@@H]1CC(=O)N(c2ccc3c(c2)OCCO3)C1. The number of anilines is 1. The first-order valence-electron chi connectivity index (χ1n) is 8.78. The number of fused-ring (bicyclic) bond motifs is 1. The minimum atomic E-state index is -0.983. The number of ether oxygens (including phenoxy) is 2. The monoisotopic (exact) mass is 360 g/mol. The Morgan fingerprint density at radius 3 is 2.69 bits per heavy atom. The number of hydrogen-bond donors (Lipinski definition) is 1. The van der Waals surface area contributed by atoms with Gasteiger partial charge in [-0.1, -0.05) is 0 Å². The number of aliphatic carboxylic acids is 1. The Hall–Kier alpha value is -2.77. The molecule has 0 radical (unpaired) electrons. The summed E-state index contributed by atoms with van der Waals surface area (Å²) >= 11 is 0. The Kier molecular flexibility index (Phi) is 4.18. The second-order valence-corrected chi connectivity index (χ2v) is 6.76. The molecule has 4 rings (SSSR count). The molecule has 2 amide bonds. The van der Waals surface area contributed by atoms with Crippen molar-refractivity contribution in [2.24, 2.45) is 5.92 Å². The first kappa shape index (κ1) is 16.7. The van der Waals surface area contributed by atoms with Crippen molar-refractivity contribution < 1.29 is 29.0 Å². The highest BCUT2D eigenvalue weighted by Crippen LogP contribution is 2.36. The van der Waals surface area contributed by atoms with E-state index in [0.717, 1.165) is 0 Å². The minimum Gasteiger partial charge on any atom is -0.486 e. The molecular weight excluding hydrogens is 340 g/mol. The first-order chi connectivity index (χ1) is 12.5. The van der Waals surface area contributed by atoms with Gasteiger partial charge in [0, 0.05) is 31.3 Å². The van der Waals surface area contributed by atoms with Crippen LogP contribution in [0.3, 0.4) is 0 Å². The number of rotatable bonds is 3. The van der Waals surface area contributed by atoms with Gasteiger partial charge in [0.15, 0.2) is 11.5 Å². The molecule has 0 saturated carbocycles.